The van der Waals surface area contributed by atoms with Gasteiger partial charge in [-0.15, -0.1) is 6.58 Å². The Morgan fingerprint density at radius 1 is 1.67 bits per heavy atom. The first-order valence-electron chi connectivity index (χ1n) is 4.38. The number of halogens is 2. The largest absolute Gasteiger partial charge is 0.295 e. The molecule has 0 saturated heterocycles. The number of hydrogen-bond donors (Lipinski definition) is 1. The third kappa shape index (κ3) is 3.15. The fourth-order valence-electron chi connectivity index (χ4n) is 1.16. The van der Waals surface area contributed by atoms with Crippen LogP contribution in [-0.4, -0.2) is 6.54 Å². The van der Waals surface area contributed by atoms with Crippen molar-refractivity contribution < 1.29 is 4.39 Å². The van der Waals surface area contributed by atoms with Crippen LogP contribution in [0.4, 0.5) is 4.39 Å². The highest BCUT2D eigenvalue weighted by molar-refractivity contribution is 9.10. The van der Waals surface area contributed by atoms with Gasteiger partial charge in [0.05, 0.1) is 6.07 Å². The van der Waals surface area contributed by atoms with Crippen LogP contribution in [0.3, 0.4) is 0 Å². The van der Waals surface area contributed by atoms with Crippen LogP contribution in [-0.2, 0) is 0 Å². The van der Waals surface area contributed by atoms with Crippen LogP contribution in [0.25, 0.3) is 0 Å². The van der Waals surface area contributed by atoms with Crippen molar-refractivity contribution in [3.63, 3.8) is 0 Å². The lowest BCUT2D eigenvalue weighted by atomic mass is 10.1. The van der Waals surface area contributed by atoms with Gasteiger partial charge in [-0.05, 0) is 12.1 Å². The Morgan fingerprint density at radius 2 is 2.40 bits per heavy atom. The predicted molar refractivity (Wildman–Crippen MR) is 60.7 cm³/mol. The zero-order valence-electron chi connectivity index (χ0n) is 8.00. The molecule has 1 rings (SSSR count). The third-order valence-corrected chi connectivity index (χ3v) is 2.36. The highest BCUT2D eigenvalue weighted by Crippen LogP contribution is 2.20. The number of hydrogen-bond acceptors (Lipinski definition) is 2. The molecule has 1 atom stereocenters. The van der Waals surface area contributed by atoms with E-state index in [1.807, 2.05) is 6.07 Å². The molecule has 1 aromatic rings. The average Bonchev–Trinajstić information content (AvgIpc) is 2.21. The summed E-state index contributed by atoms with van der Waals surface area (Å²) in [4.78, 5) is 0. The smallest absolute Gasteiger partial charge is 0.130 e. The lowest BCUT2D eigenvalue weighted by Crippen LogP contribution is -2.20. The first kappa shape index (κ1) is 11.9. The van der Waals surface area contributed by atoms with Gasteiger partial charge in [0.2, 0.25) is 0 Å². The maximum absolute atomic E-state index is 13.5. The van der Waals surface area contributed by atoms with Gasteiger partial charge in [-0.25, -0.2) is 4.39 Å². The van der Waals surface area contributed by atoms with Gasteiger partial charge in [0, 0.05) is 16.6 Å². The molecular weight excluding hydrogens is 259 g/mol. The summed E-state index contributed by atoms with van der Waals surface area (Å²) in [5.74, 6) is -0.396. The molecule has 2 nitrogen and oxygen atoms in total. The minimum Gasteiger partial charge on any atom is -0.295 e. The summed E-state index contributed by atoms with van der Waals surface area (Å²) >= 11 is 3.16. The summed E-state index contributed by atoms with van der Waals surface area (Å²) in [6, 6.07) is 5.99. The van der Waals surface area contributed by atoms with Gasteiger partial charge in [-0.3, -0.25) is 5.32 Å². The van der Waals surface area contributed by atoms with E-state index in [1.165, 1.54) is 6.07 Å². The molecule has 78 valence electrons. The van der Waals surface area contributed by atoms with Crippen LogP contribution in [0.1, 0.15) is 11.6 Å². The third-order valence-electron chi connectivity index (χ3n) is 1.87. The summed E-state index contributed by atoms with van der Waals surface area (Å²) in [7, 11) is 0. The van der Waals surface area contributed by atoms with Gasteiger partial charge >= 0.3 is 0 Å². The summed E-state index contributed by atoms with van der Waals surface area (Å²) in [5.41, 5.74) is 0.350. The Bertz CT molecular complexity index is 398. The summed E-state index contributed by atoms with van der Waals surface area (Å²) < 4.78 is 14.1. The van der Waals surface area contributed by atoms with Gasteiger partial charge in [0.25, 0.3) is 0 Å². The molecule has 0 heterocycles. The first-order chi connectivity index (χ1) is 7.19. The van der Waals surface area contributed by atoms with Crippen molar-refractivity contribution in [2.45, 2.75) is 6.04 Å². The monoisotopic (exact) mass is 268 g/mol. The molecule has 1 N–H and O–H groups in total. The van der Waals surface area contributed by atoms with E-state index in [1.54, 1.807) is 18.2 Å². The summed E-state index contributed by atoms with van der Waals surface area (Å²) in [6.45, 7) is 3.99. The number of nitrogens with one attached hydrogen (secondary N) is 1. The molecule has 1 unspecified atom stereocenters. The number of nitrogens with zero attached hydrogens (tertiary/aromatic N) is 1. The minimum absolute atomic E-state index is 0.350. The van der Waals surface area contributed by atoms with E-state index in [0.717, 1.165) is 0 Å². The van der Waals surface area contributed by atoms with Crippen molar-refractivity contribution in [2.24, 2.45) is 0 Å². The Kier molecular flexibility index (Phi) is 4.47. The number of benzene rings is 1. The van der Waals surface area contributed by atoms with E-state index in [0.29, 0.717) is 16.6 Å². The quantitative estimate of drug-likeness (QED) is 0.853. The average molecular weight is 269 g/mol. The molecule has 4 heteroatoms. The zero-order valence-corrected chi connectivity index (χ0v) is 9.59. The van der Waals surface area contributed by atoms with Gasteiger partial charge in [0.15, 0.2) is 0 Å². The Balaban J connectivity index is 2.92. The SMILES string of the molecule is C=CCNC(C#N)c1ccc(Br)cc1F. The lowest BCUT2D eigenvalue weighted by molar-refractivity contribution is 0.576. The van der Waals surface area contributed by atoms with Crippen LogP contribution in [0.5, 0.6) is 0 Å². The lowest BCUT2D eigenvalue weighted by Gasteiger charge is -2.11. The number of rotatable bonds is 4. The molecule has 0 fully saturated rings. The molecular formula is C11H10BrFN2. The molecule has 1 aromatic carbocycles. The molecule has 0 aliphatic rings. The molecule has 0 aliphatic carbocycles. The fraction of sp³-hybridized carbons (Fsp3) is 0.182. The Labute approximate surface area is 96.5 Å². The molecule has 15 heavy (non-hydrogen) atoms. The predicted octanol–water partition coefficient (Wildman–Crippen LogP) is 2.93. The molecule has 0 aliphatic heterocycles. The van der Waals surface area contributed by atoms with E-state index >= 15 is 0 Å². The second-order valence-electron chi connectivity index (χ2n) is 2.92. The second-order valence-corrected chi connectivity index (χ2v) is 3.84. The van der Waals surface area contributed by atoms with Gasteiger partial charge < -0.3 is 0 Å². The maximum atomic E-state index is 13.5. The van der Waals surface area contributed by atoms with Crippen molar-refractivity contribution in [1.29, 1.82) is 5.26 Å². The molecule has 0 radical (unpaired) electrons. The minimum atomic E-state index is -0.643. The molecule has 0 aromatic heterocycles. The van der Waals surface area contributed by atoms with Crippen molar-refractivity contribution in [1.82, 2.24) is 5.32 Å². The first-order valence-corrected chi connectivity index (χ1v) is 5.17. The maximum Gasteiger partial charge on any atom is 0.130 e. The van der Waals surface area contributed by atoms with Crippen molar-refractivity contribution >= 4 is 15.9 Å². The molecule has 0 saturated carbocycles. The topological polar surface area (TPSA) is 35.8 Å². The number of nitriles is 1. The van der Waals surface area contributed by atoms with Crippen molar-refractivity contribution in [3.8, 4) is 6.07 Å². The Hall–Kier alpha value is -1.18. The van der Waals surface area contributed by atoms with E-state index in [9.17, 15) is 4.39 Å². The van der Waals surface area contributed by atoms with E-state index in [-0.39, 0.29) is 0 Å². The van der Waals surface area contributed by atoms with Gasteiger partial charge in [-0.1, -0.05) is 28.1 Å². The summed E-state index contributed by atoms with van der Waals surface area (Å²) in [6.07, 6.45) is 1.63. The zero-order chi connectivity index (χ0) is 11.3. The molecule has 0 spiro atoms. The van der Waals surface area contributed by atoms with Crippen LogP contribution in [0, 0.1) is 17.1 Å². The molecule has 0 amide bonds. The van der Waals surface area contributed by atoms with E-state index < -0.39 is 11.9 Å². The van der Waals surface area contributed by atoms with E-state index in [2.05, 4.69) is 27.8 Å². The highest BCUT2D eigenvalue weighted by atomic mass is 79.9. The highest BCUT2D eigenvalue weighted by Gasteiger charge is 2.13. The molecule has 0 bridgehead atoms. The van der Waals surface area contributed by atoms with Gasteiger partial charge in [-0.2, -0.15) is 5.26 Å². The van der Waals surface area contributed by atoms with Crippen LogP contribution < -0.4 is 5.32 Å². The normalized spacial score (nSPS) is 11.8. The standard InChI is InChI=1S/C11H10BrFN2/c1-2-5-15-11(7-14)9-4-3-8(12)6-10(9)13/h2-4,6,11,15H,1,5H2. The van der Waals surface area contributed by atoms with Crippen LogP contribution in [0.2, 0.25) is 0 Å². The Morgan fingerprint density at radius 3 is 2.93 bits per heavy atom. The van der Waals surface area contributed by atoms with Crippen LogP contribution >= 0.6 is 15.9 Å². The van der Waals surface area contributed by atoms with Gasteiger partial charge in [0.1, 0.15) is 11.9 Å². The van der Waals surface area contributed by atoms with E-state index in [4.69, 9.17) is 5.26 Å². The van der Waals surface area contributed by atoms with Crippen LogP contribution in [0.15, 0.2) is 35.3 Å². The fourth-order valence-corrected chi connectivity index (χ4v) is 1.50. The summed E-state index contributed by atoms with van der Waals surface area (Å²) in [5, 5.41) is 11.7. The van der Waals surface area contributed by atoms with Crippen molar-refractivity contribution in [3.05, 3.63) is 46.7 Å². The second kappa shape index (κ2) is 5.64. The van der Waals surface area contributed by atoms with Crippen molar-refractivity contribution in [2.75, 3.05) is 6.54 Å².